The van der Waals surface area contributed by atoms with Gasteiger partial charge in [-0.25, -0.2) is 13.1 Å². The van der Waals surface area contributed by atoms with Gasteiger partial charge >= 0.3 is 0 Å². The Hall–Kier alpha value is -0.260. The molecule has 0 aromatic rings. The van der Waals surface area contributed by atoms with Crippen LogP contribution in [0.25, 0.3) is 0 Å². The fraction of sp³-hybridized carbons (Fsp3) is 0.923. The van der Waals surface area contributed by atoms with E-state index in [0.717, 1.165) is 19.3 Å². The van der Waals surface area contributed by atoms with E-state index in [1.807, 2.05) is 0 Å². The average Bonchev–Trinajstić information content (AvgIpc) is 2.33. The number of sulfonamides is 1. The Morgan fingerprint density at radius 3 is 2.39 bits per heavy atom. The smallest absolute Gasteiger partial charge is 0.211 e. The highest BCUT2D eigenvalue weighted by Crippen LogP contribution is 2.05. The molecule has 0 aromatic carbocycles. The van der Waals surface area contributed by atoms with Crippen LogP contribution in [0.3, 0.4) is 0 Å². The minimum Gasteiger partial charge on any atom is -0.340 e. The van der Waals surface area contributed by atoms with Crippen LogP contribution in [0.2, 0.25) is 0 Å². The predicted octanol–water partition coefficient (Wildman–Crippen LogP) is 2.51. The first-order valence-electron chi connectivity index (χ1n) is 6.96. The highest BCUT2D eigenvalue weighted by atomic mass is 32.2. The zero-order valence-corrected chi connectivity index (χ0v) is 12.4. The van der Waals surface area contributed by atoms with E-state index in [9.17, 15) is 8.42 Å². The molecule has 0 saturated heterocycles. The summed E-state index contributed by atoms with van der Waals surface area (Å²) in [6.45, 7) is 7.17. The van der Waals surface area contributed by atoms with Crippen molar-refractivity contribution in [2.24, 2.45) is 0 Å². The number of ether oxygens (including phenoxy) is 1. The molecule has 0 aromatic heterocycles. The molecule has 1 N–H and O–H groups in total. The van der Waals surface area contributed by atoms with Gasteiger partial charge in [-0.2, -0.15) is 0 Å². The quantitative estimate of drug-likeness (QED) is 0.416. The summed E-state index contributed by atoms with van der Waals surface area (Å²) in [7, 11) is -3.08. The van der Waals surface area contributed by atoms with E-state index in [0.29, 0.717) is 26.2 Å². The second-order valence-corrected chi connectivity index (χ2v) is 6.37. The lowest BCUT2D eigenvalue weighted by Crippen LogP contribution is -2.28. The summed E-state index contributed by atoms with van der Waals surface area (Å²) in [4.78, 5) is 0. The standard InChI is InChI=1S/C13H28NO3S/c1-3-5-6-7-8-9-13-18(15,16)14-11-10-12-17-4-2/h14H,2-13H2,1H3/q+1. The van der Waals surface area contributed by atoms with Crippen LogP contribution in [0.5, 0.6) is 0 Å². The van der Waals surface area contributed by atoms with Crippen LogP contribution >= 0.6 is 0 Å². The van der Waals surface area contributed by atoms with Crippen molar-refractivity contribution in [3.05, 3.63) is 6.92 Å². The largest absolute Gasteiger partial charge is 0.340 e. The van der Waals surface area contributed by atoms with Gasteiger partial charge in [-0.1, -0.05) is 39.0 Å². The zero-order valence-electron chi connectivity index (χ0n) is 11.6. The molecule has 0 fully saturated rings. The Balaban J connectivity index is 3.43. The molecule has 0 atom stereocenters. The molecule has 0 radical (unpaired) electrons. The van der Waals surface area contributed by atoms with E-state index in [1.165, 1.54) is 19.3 Å². The first-order valence-corrected chi connectivity index (χ1v) is 8.62. The van der Waals surface area contributed by atoms with Gasteiger partial charge in [0, 0.05) is 6.54 Å². The van der Waals surface area contributed by atoms with Crippen LogP contribution < -0.4 is 4.72 Å². The molecule has 0 aliphatic heterocycles. The zero-order chi connectivity index (χ0) is 13.7. The normalized spacial score (nSPS) is 11.8. The minimum atomic E-state index is -3.08. The van der Waals surface area contributed by atoms with Crippen molar-refractivity contribution in [1.82, 2.24) is 4.72 Å². The highest BCUT2D eigenvalue weighted by Gasteiger charge is 2.08. The third-order valence-electron chi connectivity index (χ3n) is 2.70. The van der Waals surface area contributed by atoms with E-state index in [4.69, 9.17) is 4.74 Å². The number of rotatable bonds is 13. The molecule has 0 unspecified atom stereocenters. The highest BCUT2D eigenvalue weighted by molar-refractivity contribution is 7.89. The summed E-state index contributed by atoms with van der Waals surface area (Å²) in [5.41, 5.74) is 0. The van der Waals surface area contributed by atoms with Crippen LogP contribution in [0.15, 0.2) is 0 Å². The first-order chi connectivity index (χ1) is 8.62. The van der Waals surface area contributed by atoms with Gasteiger partial charge in [0.1, 0.15) is 0 Å². The summed E-state index contributed by atoms with van der Waals surface area (Å²) in [5.74, 6) is 0.245. The maximum atomic E-state index is 11.6. The second-order valence-electron chi connectivity index (χ2n) is 4.45. The molecule has 108 valence electrons. The molecule has 0 bridgehead atoms. The molecule has 0 heterocycles. The maximum absolute atomic E-state index is 11.6. The van der Waals surface area contributed by atoms with Crippen molar-refractivity contribution >= 4 is 10.0 Å². The van der Waals surface area contributed by atoms with Crippen molar-refractivity contribution in [1.29, 1.82) is 0 Å². The van der Waals surface area contributed by atoms with Crippen molar-refractivity contribution in [3.63, 3.8) is 0 Å². The average molecular weight is 278 g/mol. The van der Waals surface area contributed by atoms with E-state index in [-0.39, 0.29) is 5.75 Å². The van der Waals surface area contributed by atoms with Gasteiger partial charge in [0.15, 0.2) is 6.61 Å². The fourth-order valence-electron chi connectivity index (χ4n) is 1.65. The molecule has 0 aliphatic rings. The Labute approximate surface area is 113 Å². The van der Waals surface area contributed by atoms with Gasteiger partial charge in [-0.3, -0.25) is 0 Å². The topological polar surface area (TPSA) is 55.4 Å². The number of unbranched alkanes of at least 4 members (excludes halogenated alkanes) is 5. The lowest BCUT2D eigenvalue weighted by Gasteiger charge is -2.06. The molecule has 0 saturated carbocycles. The van der Waals surface area contributed by atoms with Gasteiger partial charge in [-0.15, -0.1) is 0 Å². The van der Waals surface area contributed by atoms with Crippen molar-refractivity contribution < 1.29 is 13.2 Å². The molecule has 18 heavy (non-hydrogen) atoms. The number of hydrogen-bond acceptors (Lipinski definition) is 3. The summed E-state index contributed by atoms with van der Waals surface area (Å²) >= 11 is 0. The molecule has 0 rings (SSSR count). The Bertz CT molecular complexity index is 265. The van der Waals surface area contributed by atoms with Crippen LogP contribution in [-0.2, 0) is 14.8 Å². The molecular formula is C13H28NO3S+. The SMILES string of the molecule is [CH2+]COCCCNS(=O)(=O)CCCCCCCC. The van der Waals surface area contributed by atoms with Crippen LogP contribution in [0, 0.1) is 6.92 Å². The van der Waals surface area contributed by atoms with Gasteiger partial charge < -0.3 is 4.74 Å². The summed E-state index contributed by atoms with van der Waals surface area (Å²) in [6.07, 6.45) is 7.28. The van der Waals surface area contributed by atoms with Crippen molar-refractivity contribution in [2.45, 2.75) is 51.9 Å². The third-order valence-corrected chi connectivity index (χ3v) is 4.17. The van der Waals surface area contributed by atoms with Gasteiger partial charge in [0.2, 0.25) is 10.0 Å². The molecule has 5 heteroatoms. The Morgan fingerprint density at radius 2 is 1.72 bits per heavy atom. The molecule has 0 spiro atoms. The molecular weight excluding hydrogens is 250 g/mol. The molecule has 0 aliphatic carbocycles. The Kier molecular flexibility index (Phi) is 11.6. The predicted molar refractivity (Wildman–Crippen MR) is 76.0 cm³/mol. The fourth-order valence-corrected chi connectivity index (χ4v) is 2.83. The second kappa shape index (κ2) is 11.8. The first kappa shape index (κ1) is 17.7. The van der Waals surface area contributed by atoms with E-state index in [1.54, 1.807) is 0 Å². The van der Waals surface area contributed by atoms with Crippen LogP contribution in [0.4, 0.5) is 0 Å². The summed E-state index contributed by atoms with van der Waals surface area (Å²) < 4.78 is 30.8. The monoisotopic (exact) mass is 278 g/mol. The van der Waals surface area contributed by atoms with E-state index in [2.05, 4.69) is 18.6 Å². The van der Waals surface area contributed by atoms with Crippen molar-refractivity contribution in [2.75, 3.05) is 25.5 Å². The lowest BCUT2D eigenvalue weighted by atomic mass is 10.1. The molecule has 0 amide bonds. The van der Waals surface area contributed by atoms with Crippen molar-refractivity contribution in [3.8, 4) is 0 Å². The summed E-state index contributed by atoms with van der Waals surface area (Å²) in [6, 6.07) is 0. The minimum absolute atomic E-state index is 0.245. The van der Waals surface area contributed by atoms with Crippen LogP contribution in [0.1, 0.15) is 51.9 Å². The third kappa shape index (κ3) is 12.2. The molecule has 4 nitrogen and oxygen atoms in total. The van der Waals surface area contributed by atoms with Gasteiger partial charge in [0.05, 0.1) is 19.3 Å². The van der Waals surface area contributed by atoms with Crippen LogP contribution in [-0.4, -0.2) is 33.9 Å². The number of nitrogens with one attached hydrogen (secondary N) is 1. The van der Waals surface area contributed by atoms with E-state index < -0.39 is 10.0 Å². The van der Waals surface area contributed by atoms with Gasteiger partial charge in [-0.05, 0) is 12.8 Å². The van der Waals surface area contributed by atoms with Gasteiger partial charge in [0.25, 0.3) is 0 Å². The maximum Gasteiger partial charge on any atom is 0.211 e. The summed E-state index contributed by atoms with van der Waals surface area (Å²) in [5, 5.41) is 0. The van der Waals surface area contributed by atoms with E-state index >= 15 is 0 Å². The Morgan fingerprint density at radius 1 is 1.06 bits per heavy atom. The lowest BCUT2D eigenvalue weighted by molar-refractivity contribution is 0.159. The number of hydrogen-bond donors (Lipinski definition) is 1.